The van der Waals surface area contributed by atoms with Crippen LogP contribution in [0.2, 0.25) is 0 Å². The average Bonchev–Trinajstić information content (AvgIpc) is 2.16. The highest BCUT2D eigenvalue weighted by Gasteiger charge is 2.20. The molecule has 1 aromatic rings. The molecule has 0 fully saturated rings. The van der Waals surface area contributed by atoms with Gasteiger partial charge in [-0.1, -0.05) is 0 Å². The van der Waals surface area contributed by atoms with Crippen LogP contribution in [0, 0.1) is 5.82 Å². The number of ether oxygens (including phenoxy) is 1. The molecule has 0 aromatic carbocycles. The molecule has 0 N–H and O–H groups in total. The molecule has 0 atom stereocenters. The number of rotatable bonds is 3. The Labute approximate surface area is 77.5 Å². The van der Waals surface area contributed by atoms with Crippen LogP contribution in [0.3, 0.4) is 0 Å². The zero-order valence-electron chi connectivity index (χ0n) is 7.13. The number of aldehydes is 1. The van der Waals surface area contributed by atoms with E-state index in [4.69, 9.17) is 0 Å². The van der Waals surface area contributed by atoms with Crippen LogP contribution in [-0.2, 0) is 0 Å². The lowest BCUT2D eigenvalue weighted by atomic mass is 10.2. The number of aromatic nitrogens is 1. The summed E-state index contributed by atoms with van der Waals surface area (Å²) in [5.41, 5.74) is -1.50. The Hall–Kier alpha value is -1.59. The maximum Gasteiger partial charge on any atom is 0.268 e. The average molecular weight is 205 g/mol. The Morgan fingerprint density at radius 1 is 1.57 bits per heavy atom. The van der Waals surface area contributed by atoms with Crippen molar-refractivity contribution in [3.63, 3.8) is 0 Å². The van der Waals surface area contributed by atoms with E-state index in [-0.39, 0.29) is 12.2 Å². The molecule has 76 valence electrons. The van der Waals surface area contributed by atoms with Gasteiger partial charge in [0.2, 0.25) is 5.88 Å². The standard InChI is InChI=1S/C8H6F3NO2/c1-14-8-5(3-13)6(9)4(2-12-8)7(10)11/h2-3,7H,1H3. The van der Waals surface area contributed by atoms with Gasteiger partial charge in [0.25, 0.3) is 6.43 Å². The highest BCUT2D eigenvalue weighted by molar-refractivity contribution is 5.79. The topological polar surface area (TPSA) is 39.2 Å². The summed E-state index contributed by atoms with van der Waals surface area (Å²) in [6, 6.07) is 0. The number of halogens is 3. The van der Waals surface area contributed by atoms with Gasteiger partial charge in [0.15, 0.2) is 6.29 Å². The number of methoxy groups -OCH3 is 1. The number of alkyl halides is 2. The normalized spacial score (nSPS) is 10.4. The number of pyridine rings is 1. The van der Waals surface area contributed by atoms with E-state index < -0.39 is 23.4 Å². The molecular weight excluding hydrogens is 199 g/mol. The van der Waals surface area contributed by atoms with Crippen molar-refractivity contribution < 1.29 is 22.7 Å². The lowest BCUT2D eigenvalue weighted by molar-refractivity contribution is 0.111. The molecule has 0 aliphatic carbocycles. The van der Waals surface area contributed by atoms with Gasteiger partial charge < -0.3 is 4.74 Å². The minimum atomic E-state index is -3.01. The van der Waals surface area contributed by atoms with Crippen molar-refractivity contribution in [2.45, 2.75) is 6.43 Å². The maximum absolute atomic E-state index is 13.1. The molecule has 0 amide bonds. The molecule has 6 heteroatoms. The summed E-state index contributed by atoms with van der Waals surface area (Å²) >= 11 is 0. The highest BCUT2D eigenvalue weighted by atomic mass is 19.3. The second-order valence-corrected chi connectivity index (χ2v) is 2.37. The van der Waals surface area contributed by atoms with E-state index in [1.54, 1.807) is 0 Å². The molecule has 1 rings (SSSR count). The molecule has 1 aromatic heterocycles. The zero-order chi connectivity index (χ0) is 10.7. The highest BCUT2D eigenvalue weighted by Crippen LogP contribution is 2.26. The van der Waals surface area contributed by atoms with Crippen molar-refractivity contribution in [3.8, 4) is 5.88 Å². The third kappa shape index (κ3) is 1.68. The van der Waals surface area contributed by atoms with E-state index in [1.165, 1.54) is 0 Å². The SMILES string of the molecule is COc1ncc(C(F)F)c(F)c1C=O. The summed E-state index contributed by atoms with van der Waals surface area (Å²) in [6.45, 7) is 0. The van der Waals surface area contributed by atoms with Gasteiger partial charge >= 0.3 is 0 Å². The van der Waals surface area contributed by atoms with Crippen molar-refractivity contribution in [3.05, 3.63) is 23.1 Å². The summed E-state index contributed by atoms with van der Waals surface area (Å²) in [4.78, 5) is 13.8. The van der Waals surface area contributed by atoms with Gasteiger partial charge in [0.1, 0.15) is 11.4 Å². The molecule has 0 radical (unpaired) electrons. The lowest BCUT2D eigenvalue weighted by Gasteiger charge is -2.06. The van der Waals surface area contributed by atoms with Crippen LogP contribution in [0.5, 0.6) is 5.88 Å². The van der Waals surface area contributed by atoms with Crippen molar-refractivity contribution in [2.24, 2.45) is 0 Å². The van der Waals surface area contributed by atoms with Crippen LogP contribution in [0.25, 0.3) is 0 Å². The van der Waals surface area contributed by atoms with Crippen LogP contribution in [-0.4, -0.2) is 18.4 Å². The van der Waals surface area contributed by atoms with E-state index in [0.29, 0.717) is 6.20 Å². The van der Waals surface area contributed by atoms with Gasteiger partial charge in [-0.2, -0.15) is 0 Å². The van der Waals surface area contributed by atoms with Gasteiger partial charge in [-0.15, -0.1) is 0 Å². The second-order valence-electron chi connectivity index (χ2n) is 2.37. The van der Waals surface area contributed by atoms with Gasteiger partial charge in [-0.25, -0.2) is 18.2 Å². The third-order valence-electron chi connectivity index (χ3n) is 1.59. The molecule has 0 bridgehead atoms. The fraction of sp³-hybridized carbons (Fsp3) is 0.250. The summed E-state index contributed by atoms with van der Waals surface area (Å²) in [5.74, 6) is -1.59. The first-order chi connectivity index (χ1) is 6.61. The first-order valence-corrected chi connectivity index (χ1v) is 3.57. The number of carbonyl (C=O) groups is 1. The summed E-state index contributed by atoms with van der Waals surface area (Å²) in [5, 5.41) is 0. The number of carbonyl (C=O) groups excluding carboxylic acids is 1. The lowest BCUT2D eigenvalue weighted by Crippen LogP contribution is -2.02. The van der Waals surface area contributed by atoms with Gasteiger partial charge in [-0.3, -0.25) is 4.79 Å². The molecule has 0 unspecified atom stereocenters. The van der Waals surface area contributed by atoms with Crippen LogP contribution < -0.4 is 4.74 Å². The zero-order valence-corrected chi connectivity index (χ0v) is 7.13. The monoisotopic (exact) mass is 205 g/mol. The molecule has 0 aliphatic rings. The van der Waals surface area contributed by atoms with Crippen molar-refractivity contribution in [2.75, 3.05) is 7.11 Å². The fourth-order valence-electron chi connectivity index (χ4n) is 0.921. The van der Waals surface area contributed by atoms with Crippen LogP contribution >= 0.6 is 0 Å². The third-order valence-corrected chi connectivity index (χ3v) is 1.59. The number of nitrogens with zero attached hydrogens (tertiary/aromatic N) is 1. The number of hydrogen-bond donors (Lipinski definition) is 0. The van der Waals surface area contributed by atoms with Gasteiger partial charge in [0, 0.05) is 6.20 Å². The Balaban J connectivity index is 3.34. The summed E-state index contributed by atoms with van der Waals surface area (Å²) in [7, 11) is 1.16. The minimum absolute atomic E-state index is 0.0903. The van der Waals surface area contributed by atoms with E-state index in [1.807, 2.05) is 0 Å². The minimum Gasteiger partial charge on any atom is -0.480 e. The molecule has 0 saturated heterocycles. The fourth-order valence-corrected chi connectivity index (χ4v) is 0.921. The Morgan fingerprint density at radius 2 is 2.21 bits per heavy atom. The molecule has 0 spiro atoms. The van der Waals surface area contributed by atoms with Crippen LogP contribution in [0.4, 0.5) is 13.2 Å². The molecule has 0 aliphatic heterocycles. The predicted octanol–water partition coefficient (Wildman–Crippen LogP) is 1.98. The van der Waals surface area contributed by atoms with Crippen LogP contribution in [0.15, 0.2) is 6.20 Å². The number of hydrogen-bond acceptors (Lipinski definition) is 3. The smallest absolute Gasteiger partial charge is 0.268 e. The van der Waals surface area contributed by atoms with Crippen molar-refractivity contribution in [1.29, 1.82) is 0 Å². The maximum atomic E-state index is 13.1. The first kappa shape index (κ1) is 10.5. The molecule has 1 heterocycles. The Bertz CT molecular complexity index is 355. The van der Waals surface area contributed by atoms with Gasteiger partial charge in [-0.05, 0) is 0 Å². The van der Waals surface area contributed by atoms with E-state index >= 15 is 0 Å². The quantitative estimate of drug-likeness (QED) is 0.708. The second kappa shape index (κ2) is 4.08. The van der Waals surface area contributed by atoms with Gasteiger partial charge in [0.05, 0.1) is 12.7 Å². The van der Waals surface area contributed by atoms with Crippen molar-refractivity contribution in [1.82, 2.24) is 4.98 Å². The summed E-state index contributed by atoms with van der Waals surface area (Å²) < 4.78 is 42.0. The summed E-state index contributed by atoms with van der Waals surface area (Å²) in [6.07, 6.45) is -2.27. The predicted molar refractivity (Wildman–Crippen MR) is 41.1 cm³/mol. The van der Waals surface area contributed by atoms with Crippen LogP contribution in [0.1, 0.15) is 22.3 Å². The van der Waals surface area contributed by atoms with E-state index in [2.05, 4.69) is 9.72 Å². The van der Waals surface area contributed by atoms with Crippen molar-refractivity contribution >= 4 is 6.29 Å². The Morgan fingerprint density at radius 3 is 2.64 bits per heavy atom. The first-order valence-electron chi connectivity index (χ1n) is 3.57. The molecule has 0 saturated carbocycles. The Kier molecular flexibility index (Phi) is 3.06. The van der Waals surface area contributed by atoms with E-state index in [0.717, 1.165) is 7.11 Å². The molecular formula is C8H6F3NO2. The largest absolute Gasteiger partial charge is 0.480 e. The van der Waals surface area contributed by atoms with E-state index in [9.17, 15) is 18.0 Å². The molecule has 3 nitrogen and oxygen atoms in total. The molecule has 14 heavy (non-hydrogen) atoms.